The average Bonchev–Trinajstić information content (AvgIpc) is 3.76. The number of thioether (sulfide) groups is 3. The van der Waals surface area contributed by atoms with Gasteiger partial charge in [-0.25, -0.2) is 0 Å². The summed E-state index contributed by atoms with van der Waals surface area (Å²) in [5.74, 6) is -0.326. The number of nitrogens with zero attached hydrogens (tertiary/aromatic N) is 2. The van der Waals surface area contributed by atoms with Gasteiger partial charge in [-0.15, -0.1) is 23.5 Å². The predicted octanol–water partition coefficient (Wildman–Crippen LogP) is 11.7. The largest absolute Gasteiger partial charge is 0.494 e. The maximum Gasteiger partial charge on any atom is 0.248 e. The summed E-state index contributed by atoms with van der Waals surface area (Å²) in [6.07, 6.45) is 8.47. The molecule has 0 bridgehead atoms. The lowest BCUT2D eigenvalue weighted by Crippen LogP contribution is -2.57. The van der Waals surface area contributed by atoms with Gasteiger partial charge < -0.3 is 10.2 Å². The summed E-state index contributed by atoms with van der Waals surface area (Å²) in [5.41, 5.74) is 11.4. The van der Waals surface area contributed by atoms with Crippen molar-refractivity contribution in [3.63, 3.8) is 0 Å². The summed E-state index contributed by atoms with van der Waals surface area (Å²) in [5, 5.41) is 21.3. The monoisotopic (exact) mass is 704 g/mol. The van der Waals surface area contributed by atoms with Crippen molar-refractivity contribution in [1.29, 1.82) is 0 Å². The van der Waals surface area contributed by atoms with Crippen molar-refractivity contribution in [3.05, 3.63) is 71.2 Å². The van der Waals surface area contributed by atoms with Crippen LogP contribution < -0.4 is 4.90 Å². The molecule has 2 N–H and O–H groups in total. The molecule has 0 radical (unpaired) electrons. The van der Waals surface area contributed by atoms with Crippen LogP contribution in [0.4, 0.5) is 5.69 Å². The molecule has 0 saturated carbocycles. The minimum atomic E-state index is -0.584. The number of carbonyl (C=O) groups is 1. The third-order valence-electron chi connectivity index (χ3n) is 11.2. The van der Waals surface area contributed by atoms with Gasteiger partial charge in [0.15, 0.2) is 11.8 Å². The first kappa shape index (κ1) is 35.4. The molecule has 4 heterocycles. The van der Waals surface area contributed by atoms with Crippen LogP contribution in [-0.2, 0) is 17.8 Å². The first-order valence-electron chi connectivity index (χ1n) is 18.1. The number of fused-ring (bicyclic) bond motifs is 4. The number of benzene rings is 1. The van der Waals surface area contributed by atoms with Crippen LogP contribution in [0.1, 0.15) is 129 Å². The molecule has 0 atom stereocenters. The Morgan fingerprint density at radius 1 is 0.833 bits per heavy atom. The number of rotatable bonds is 10. The van der Waals surface area contributed by atoms with Crippen LogP contribution in [-0.4, -0.2) is 30.3 Å². The molecule has 5 nitrogen and oxygen atoms in total. The van der Waals surface area contributed by atoms with Crippen LogP contribution in [0.2, 0.25) is 0 Å². The summed E-state index contributed by atoms with van der Waals surface area (Å²) in [4.78, 5) is 22.9. The lowest BCUT2D eigenvalue weighted by molar-refractivity contribution is -0.120. The van der Waals surface area contributed by atoms with Gasteiger partial charge in [0.25, 0.3) is 0 Å². The predicted molar refractivity (Wildman–Crippen MR) is 209 cm³/mol. The number of amides is 1. The van der Waals surface area contributed by atoms with Crippen LogP contribution in [0, 0.1) is 6.92 Å². The SMILES string of the molecule is CCC1=C(CC)c2c(cc3c(c2C)N(C(=O)Cn2c(O)ccc2O)C(CC)(CC)C2=C3C3(SC(CC)=C(CC)S3)C(CC)=C(CC)S2)C1. The highest BCUT2D eigenvalue weighted by Crippen LogP contribution is 2.73. The van der Waals surface area contributed by atoms with Crippen molar-refractivity contribution in [2.75, 3.05) is 4.90 Å². The maximum absolute atomic E-state index is 15.1. The summed E-state index contributed by atoms with van der Waals surface area (Å²) >= 11 is 6.11. The fourth-order valence-electron chi connectivity index (χ4n) is 8.88. The van der Waals surface area contributed by atoms with Gasteiger partial charge in [-0.3, -0.25) is 14.3 Å². The quantitative estimate of drug-likeness (QED) is 0.257. The fourth-order valence-corrected chi connectivity index (χ4v) is 14.8. The topological polar surface area (TPSA) is 65.7 Å². The fraction of sp³-hybridized carbons (Fsp3) is 0.525. The van der Waals surface area contributed by atoms with Crippen molar-refractivity contribution in [3.8, 4) is 11.8 Å². The molecule has 8 heteroatoms. The number of anilines is 1. The van der Waals surface area contributed by atoms with Gasteiger partial charge in [0.2, 0.25) is 5.91 Å². The van der Waals surface area contributed by atoms with Gasteiger partial charge in [-0.1, -0.05) is 72.7 Å². The molecule has 0 fully saturated rings. The maximum atomic E-state index is 15.1. The Labute approximate surface area is 300 Å². The number of aromatic nitrogens is 1. The standard InChI is InChI=1S/C40H52N2O3S3/c1-10-24-20-25-21-27-36-38(46-29(13-4)28(12-3)40(36)47-30(14-5)31(15-6)48-40)39(16-7,17-8)42(37(27)23(9)35(25)26(24)11-2)34(45)22-41-32(43)18-19-33(41)44/h18-19,21,43-44H,10-17,20,22H2,1-9H3. The van der Waals surface area contributed by atoms with E-state index in [1.165, 1.54) is 80.9 Å². The highest BCUT2D eigenvalue weighted by molar-refractivity contribution is 8.25. The van der Waals surface area contributed by atoms with Crippen LogP contribution in [0.15, 0.2) is 49.0 Å². The average molecular weight is 705 g/mol. The van der Waals surface area contributed by atoms with E-state index in [-0.39, 0.29) is 28.3 Å². The van der Waals surface area contributed by atoms with Crippen molar-refractivity contribution in [2.24, 2.45) is 0 Å². The van der Waals surface area contributed by atoms with Crippen LogP contribution >= 0.6 is 35.3 Å². The minimum Gasteiger partial charge on any atom is -0.494 e. The van der Waals surface area contributed by atoms with Gasteiger partial charge in [-0.05, 0) is 113 Å². The molecule has 0 unspecified atom stereocenters. The van der Waals surface area contributed by atoms with Gasteiger partial charge in [-0.2, -0.15) is 0 Å². The number of hydrogen-bond donors (Lipinski definition) is 2. The van der Waals surface area contributed by atoms with E-state index in [1.54, 1.807) is 0 Å². The molecule has 48 heavy (non-hydrogen) atoms. The molecule has 1 amide bonds. The lowest BCUT2D eigenvalue weighted by Gasteiger charge is -2.54. The van der Waals surface area contributed by atoms with Crippen molar-refractivity contribution in [1.82, 2.24) is 4.57 Å². The Balaban J connectivity index is 1.72. The molecule has 2 aromatic rings. The van der Waals surface area contributed by atoms with E-state index in [2.05, 4.69) is 96.8 Å². The lowest BCUT2D eigenvalue weighted by atomic mass is 9.76. The zero-order valence-corrected chi connectivity index (χ0v) is 32.7. The molecule has 4 aliphatic rings. The molecular formula is C40H52N2O3S3. The molecular weight excluding hydrogens is 653 g/mol. The van der Waals surface area contributed by atoms with Crippen LogP contribution in [0.5, 0.6) is 11.8 Å². The van der Waals surface area contributed by atoms with E-state index in [1.807, 2.05) is 11.8 Å². The van der Waals surface area contributed by atoms with E-state index in [0.29, 0.717) is 0 Å². The van der Waals surface area contributed by atoms with E-state index in [0.717, 1.165) is 63.5 Å². The Morgan fingerprint density at radius 3 is 1.94 bits per heavy atom. The zero-order valence-electron chi connectivity index (χ0n) is 30.2. The molecule has 1 aliphatic carbocycles. The van der Waals surface area contributed by atoms with Crippen LogP contribution in [0.25, 0.3) is 11.1 Å². The molecule has 6 rings (SSSR count). The summed E-state index contributed by atoms with van der Waals surface area (Å²) in [6, 6.07) is 5.37. The number of aromatic hydroxyl groups is 2. The molecule has 0 saturated heterocycles. The molecule has 1 spiro atoms. The number of hydrogen-bond acceptors (Lipinski definition) is 6. The van der Waals surface area contributed by atoms with Crippen molar-refractivity contribution in [2.45, 2.75) is 136 Å². The Kier molecular flexibility index (Phi) is 9.86. The van der Waals surface area contributed by atoms with Gasteiger partial charge in [0.05, 0.1) is 11.2 Å². The highest BCUT2D eigenvalue weighted by atomic mass is 32.2. The third kappa shape index (κ3) is 4.93. The van der Waals surface area contributed by atoms with Crippen LogP contribution in [0.3, 0.4) is 0 Å². The molecule has 3 aliphatic heterocycles. The summed E-state index contributed by atoms with van der Waals surface area (Å²) in [7, 11) is 0. The number of carbonyl (C=O) groups excluding carboxylic acids is 1. The van der Waals surface area contributed by atoms with Gasteiger partial charge in [0.1, 0.15) is 10.6 Å². The third-order valence-corrected chi connectivity index (χ3v) is 16.4. The second-order valence-corrected chi connectivity index (χ2v) is 17.3. The smallest absolute Gasteiger partial charge is 0.248 e. The van der Waals surface area contributed by atoms with E-state index >= 15 is 4.79 Å². The second-order valence-electron chi connectivity index (χ2n) is 13.3. The normalized spacial score (nSPS) is 19.6. The molecule has 1 aromatic heterocycles. The van der Waals surface area contributed by atoms with E-state index in [4.69, 9.17) is 0 Å². The highest BCUT2D eigenvalue weighted by Gasteiger charge is 2.58. The molecule has 1 aromatic carbocycles. The molecule has 258 valence electrons. The van der Waals surface area contributed by atoms with Crippen molar-refractivity contribution >= 4 is 58.0 Å². The Morgan fingerprint density at radius 2 is 1.44 bits per heavy atom. The second kappa shape index (κ2) is 13.4. The number of allylic oxidation sites excluding steroid dienone is 5. The van der Waals surface area contributed by atoms with Crippen molar-refractivity contribution < 1.29 is 15.0 Å². The summed E-state index contributed by atoms with van der Waals surface area (Å²) < 4.78 is 1.05. The first-order chi connectivity index (χ1) is 23.1. The van der Waals surface area contributed by atoms with Gasteiger partial charge >= 0.3 is 0 Å². The Hall–Kier alpha value is -2.42. The Bertz CT molecular complexity index is 1770. The van der Waals surface area contributed by atoms with Gasteiger partial charge in [0, 0.05) is 28.2 Å². The van der Waals surface area contributed by atoms with E-state index < -0.39 is 5.54 Å². The zero-order chi connectivity index (χ0) is 34.7. The minimum absolute atomic E-state index is 0.107. The summed E-state index contributed by atoms with van der Waals surface area (Å²) in [6.45, 7) is 20.3. The first-order valence-corrected chi connectivity index (χ1v) is 20.5. The van der Waals surface area contributed by atoms with E-state index in [9.17, 15) is 10.2 Å².